The van der Waals surface area contributed by atoms with E-state index in [1.807, 2.05) is 0 Å². The van der Waals surface area contributed by atoms with Crippen molar-refractivity contribution >= 4 is 0 Å². The topological polar surface area (TPSA) is 41.5 Å². The first-order valence-corrected chi connectivity index (χ1v) is 9.55. The van der Waals surface area contributed by atoms with Crippen molar-refractivity contribution in [3.8, 4) is 0 Å². The van der Waals surface area contributed by atoms with Crippen LogP contribution in [0, 0.1) is 28.6 Å². The summed E-state index contributed by atoms with van der Waals surface area (Å²) in [5.41, 5.74) is 0.764. The first-order valence-electron chi connectivity index (χ1n) is 9.55. The highest BCUT2D eigenvalue weighted by atomic mass is 16.5. The lowest BCUT2D eigenvalue weighted by atomic mass is 9.48. The maximum absolute atomic E-state index is 9.40. The van der Waals surface area contributed by atoms with Gasteiger partial charge >= 0.3 is 0 Å². The average molecular weight is 307 g/mol. The highest BCUT2D eigenvalue weighted by molar-refractivity contribution is 5.05. The van der Waals surface area contributed by atoms with E-state index in [-0.39, 0.29) is 12.0 Å². The van der Waals surface area contributed by atoms with Gasteiger partial charge < -0.3 is 15.2 Å². The predicted octanol–water partition coefficient (Wildman–Crippen LogP) is 2.97. The molecule has 1 saturated heterocycles. The minimum Gasteiger partial charge on any atom is -0.396 e. The lowest BCUT2D eigenvalue weighted by Crippen LogP contribution is -2.56. The zero-order chi connectivity index (χ0) is 15.2. The third-order valence-electron chi connectivity index (χ3n) is 7.61. The van der Waals surface area contributed by atoms with Gasteiger partial charge in [-0.2, -0.15) is 0 Å². The van der Waals surface area contributed by atoms with Crippen LogP contribution in [0.3, 0.4) is 0 Å². The molecule has 4 saturated carbocycles. The summed E-state index contributed by atoms with van der Waals surface area (Å²) in [6.45, 7) is 5.45. The number of aliphatic hydroxyl groups excluding tert-OH is 1. The van der Waals surface area contributed by atoms with Crippen molar-refractivity contribution in [1.29, 1.82) is 0 Å². The molecule has 0 aromatic carbocycles. The van der Waals surface area contributed by atoms with Crippen LogP contribution in [0.5, 0.6) is 0 Å². The lowest BCUT2D eigenvalue weighted by molar-refractivity contribution is -0.0720. The Morgan fingerprint density at radius 2 is 1.77 bits per heavy atom. The second-order valence-corrected chi connectivity index (χ2v) is 9.16. The van der Waals surface area contributed by atoms with Crippen molar-refractivity contribution in [2.45, 2.75) is 64.3 Å². The summed E-state index contributed by atoms with van der Waals surface area (Å²) >= 11 is 0. The van der Waals surface area contributed by atoms with E-state index in [0.717, 1.165) is 50.4 Å². The van der Waals surface area contributed by atoms with Gasteiger partial charge in [-0.15, -0.1) is 0 Å². The molecule has 3 nitrogen and oxygen atoms in total. The third-order valence-corrected chi connectivity index (χ3v) is 7.61. The quantitative estimate of drug-likeness (QED) is 0.793. The van der Waals surface area contributed by atoms with Gasteiger partial charge in [0.05, 0.1) is 6.61 Å². The van der Waals surface area contributed by atoms with Gasteiger partial charge in [0.2, 0.25) is 0 Å². The Bertz CT molecular complexity index is 367. The van der Waals surface area contributed by atoms with Gasteiger partial charge in [0.15, 0.2) is 0 Å². The third kappa shape index (κ3) is 2.63. The highest BCUT2D eigenvalue weighted by Gasteiger charge is 2.53. The van der Waals surface area contributed by atoms with Crippen molar-refractivity contribution in [3.05, 3.63) is 0 Å². The predicted molar refractivity (Wildman–Crippen MR) is 87.6 cm³/mol. The second kappa shape index (κ2) is 5.75. The molecule has 1 heterocycles. The van der Waals surface area contributed by atoms with Crippen LogP contribution in [0.4, 0.5) is 0 Å². The Morgan fingerprint density at radius 1 is 1.14 bits per heavy atom. The molecule has 126 valence electrons. The van der Waals surface area contributed by atoms with E-state index in [9.17, 15) is 5.11 Å². The van der Waals surface area contributed by atoms with Crippen LogP contribution in [-0.4, -0.2) is 37.5 Å². The number of hydrogen-bond acceptors (Lipinski definition) is 3. The molecule has 0 aromatic rings. The summed E-state index contributed by atoms with van der Waals surface area (Å²) in [7, 11) is 0. The molecule has 22 heavy (non-hydrogen) atoms. The number of aliphatic hydroxyl groups is 1. The molecule has 0 amide bonds. The van der Waals surface area contributed by atoms with Gasteiger partial charge in [0.1, 0.15) is 0 Å². The molecule has 0 radical (unpaired) electrons. The van der Waals surface area contributed by atoms with Gasteiger partial charge in [-0.05, 0) is 81.5 Å². The minimum absolute atomic E-state index is 0.186. The van der Waals surface area contributed by atoms with E-state index in [4.69, 9.17) is 4.74 Å². The van der Waals surface area contributed by atoms with Crippen LogP contribution >= 0.6 is 0 Å². The highest BCUT2D eigenvalue weighted by Crippen LogP contribution is 2.61. The van der Waals surface area contributed by atoms with Crippen molar-refractivity contribution in [3.63, 3.8) is 0 Å². The summed E-state index contributed by atoms with van der Waals surface area (Å²) in [6.07, 6.45) is 11.0. The molecule has 5 aliphatic rings. The van der Waals surface area contributed by atoms with Crippen LogP contribution < -0.4 is 5.32 Å². The fourth-order valence-electron chi connectivity index (χ4n) is 6.61. The molecule has 0 unspecified atom stereocenters. The van der Waals surface area contributed by atoms with E-state index < -0.39 is 0 Å². The Hall–Kier alpha value is -0.120. The van der Waals surface area contributed by atoms with Gasteiger partial charge in [-0.3, -0.25) is 0 Å². The van der Waals surface area contributed by atoms with Crippen LogP contribution in [0.2, 0.25) is 0 Å². The minimum atomic E-state index is 0.186. The zero-order valence-corrected chi connectivity index (χ0v) is 14.2. The molecule has 3 heteroatoms. The van der Waals surface area contributed by atoms with Crippen molar-refractivity contribution < 1.29 is 9.84 Å². The molecular weight excluding hydrogens is 274 g/mol. The normalized spacial score (nSPS) is 48.0. The summed E-state index contributed by atoms with van der Waals surface area (Å²) in [4.78, 5) is 0. The van der Waals surface area contributed by atoms with Crippen molar-refractivity contribution in [2.75, 3.05) is 26.4 Å². The molecule has 4 aliphatic carbocycles. The fourth-order valence-corrected chi connectivity index (χ4v) is 6.61. The van der Waals surface area contributed by atoms with Crippen molar-refractivity contribution in [2.24, 2.45) is 28.6 Å². The van der Waals surface area contributed by atoms with E-state index in [1.165, 1.54) is 38.5 Å². The Balaban J connectivity index is 1.40. The number of ether oxygens (including phenoxy) is 1. The summed E-state index contributed by atoms with van der Waals surface area (Å²) in [5, 5.41) is 13.3. The monoisotopic (exact) mass is 307 g/mol. The largest absolute Gasteiger partial charge is 0.396 e. The Labute approximate surface area is 135 Å². The van der Waals surface area contributed by atoms with E-state index in [1.54, 1.807) is 0 Å². The van der Waals surface area contributed by atoms with E-state index in [2.05, 4.69) is 12.2 Å². The maximum atomic E-state index is 9.40. The number of rotatable bonds is 6. The lowest BCUT2D eigenvalue weighted by Gasteiger charge is -2.59. The fraction of sp³-hybridized carbons (Fsp3) is 1.00. The van der Waals surface area contributed by atoms with Gasteiger partial charge in [-0.1, -0.05) is 0 Å². The molecule has 2 atom stereocenters. The molecule has 5 rings (SSSR count). The Morgan fingerprint density at radius 3 is 2.27 bits per heavy atom. The molecular formula is C19H33NO2. The Kier molecular flexibility index (Phi) is 4.03. The zero-order valence-electron chi connectivity index (χ0n) is 14.2. The molecule has 2 N–H and O–H groups in total. The second-order valence-electron chi connectivity index (χ2n) is 9.16. The SMILES string of the molecule is C[C@H](NC[C@]1(CCO)CCOC1)C12CC3CC(CC(C3)C1)C2. The first kappa shape index (κ1) is 15.4. The maximum Gasteiger partial charge on any atom is 0.0536 e. The summed E-state index contributed by atoms with van der Waals surface area (Å²) in [5.74, 6) is 3.07. The smallest absolute Gasteiger partial charge is 0.0536 e. The van der Waals surface area contributed by atoms with Crippen LogP contribution in [-0.2, 0) is 4.74 Å². The summed E-state index contributed by atoms with van der Waals surface area (Å²) < 4.78 is 5.64. The molecule has 5 fully saturated rings. The van der Waals surface area contributed by atoms with Crippen molar-refractivity contribution in [1.82, 2.24) is 5.32 Å². The van der Waals surface area contributed by atoms with Crippen LogP contribution in [0.25, 0.3) is 0 Å². The summed E-state index contributed by atoms with van der Waals surface area (Å²) in [6, 6.07) is 0.622. The van der Waals surface area contributed by atoms with Gasteiger partial charge in [0, 0.05) is 31.2 Å². The van der Waals surface area contributed by atoms with Crippen LogP contribution in [0.15, 0.2) is 0 Å². The number of hydrogen-bond donors (Lipinski definition) is 2. The van der Waals surface area contributed by atoms with Gasteiger partial charge in [-0.25, -0.2) is 0 Å². The molecule has 0 aromatic heterocycles. The molecule has 1 aliphatic heterocycles. The standard InChI is InChI=1S/C19H33NO2/c1-14(20-12-18(2-4-21)3-5-22-13-18)19-9-15-6-16(10-19)8-17(7-15)11-19/h14-17,20-21H,2-13H2,1H3/t14-,15?,16?,17?,18-,19?/m0/s1. The van der Waals surface area contributed by atoms with E-state index >= 15 is 0 Å². The molecule has 0 spiro atoms. The molecule has 4 bridgehead atoms. The van der Waals surface area contributed by atoms with Crippen LogP contribution in [0.1, 0.15) is 58.3 Å². The van der Waals surface area contributed by atoms with E-state index in [0.29, 0.717) is 11.5 Å². The average Bonchev–Trinajstić information content (AvgIpc) is 2.93. The number of nitrogens with one attached hydrogen (secondary N) is 1. The first-order chi connectivity index (χ1) is 10.6. The van der Waals surface area contributed by atoms with Gasteiger partial charge in [0.25, 0.3) is 0 Å².